The molecule has 30 heavy (non-hydrogen) atoms. The zero-order chi connectivity index (χ0) is 21.0. The Morgan fingerprint density at radius 3 is 1.90 bits per heavy atom. The monoisotopic (exact) mass is 406 g/mol. The Labute approximate surface area is 185 Å². The van der Waals surface area contributed by atoms with Gasteiger partial charge in [-0.3, -0.25) is 0 Å². The number of benzene rings is 2. The van der Waals surface area contributed by atoms with Crippen LogP contribution < -0.4 is 4.74 Å². The van der Waals surface area contributed by atoms with Crippen molar-refractivity contribution in [3.05, 3.63) is 54.1 Å². The van der Waals surface area contributed by atoms with Crippen LogP contribution in [0.1, 0.15) is 102 Å². The minimum atomic E-state index is 0.769. The molecular formula is C29H42O. The van der Waals surface area contributed by atoms with Crippen LogP contribution in [-0.4, -0.2) is 6.61 Å². The van der Waals surface area contributed by atoms with Crippen molar-refractivity contribution in [3.8, 4) is 16.9 Å². The highest BCUT2D eigenvalue weighted by Crippen LogP contribution is 2.38. The van der Waals surface area contributed by atoms with E-state index in [2.05, 4.69) is 62.4 Å². The summed E-state index contributed by atoms with van der Waals surface area (Å²) in [5, 5.41) is 0. The van der Waals surface area contributed by atoms with Gasteiger partial charge in [-0.2, -0.15) is 0 Å². The van der Waals surface area contributed by atoms with Gasteiger partial charge in [0.15, 0.2) is 0 Å². The summed E-state index contributed by atoms with van der Waals surface area (Å²) in [6.45, 7) is 5.40. The van der Waals surface area contributed by atoms with E-state index in [0.717, 1.165) is 30.6 Å². The van der Waals surface area contributed by atoms with Crippen molar-refractivity contribution in [1.82, 2.24) is 0 Å². The molecule has 1 heteroatoms. The van der Waals surface area contributed by atoms with Gasteiger partial charge in [-0.1, -0.05) is 95.2 Å². The second-order valence-corrected chi connectivity index (χ2v) is 9.27. The van der Waals surface area contributed by atoms with Gasteiger partial charge in [0.1, 0.15) is 5.75 Å². The zero-order valence-corrected chi connectivity index (χ0v) is 19.4. The quantitative estimate of drug-likeness (QED) is 0.319. The summed E-state index contributed by atoms with van der Waals surface area (Å²) in [5.41, 5.74) is 4.12. The summed E-state index contributed by atoms with van der Waals surface area (Å²) in [4.78, 5) is 0. The average molecular weight is 407 g/mol. The van der Waals surface area contributed by atoms with Gasteiger partial charge in [0.05, 0.1) is 6.61 Å². The molecule has 0 heterocycles. The van der Waals surface area contributed by atoms with Gasteiger partial charge in [-0.25, -0.2) is 0 Å². The van der Waals surface area contributed by atoms with Crippen LogP contribution in [0.2, 0.25) is 0 Å². The Morgan fingerprint density at radius 1 is 0.667 bits per heavy atom. The number of hydrogen-bond donors (Lipinski definition) is 0. The second-order valence-electron chi connectivity index (χ2n) is 9.27. The molecule has 1 aliphatic rings. The SMILES string of the molecule is CCCCCCCOc1ccc(-c2ccc(C3CCC(CCCC)CC3)cc2)cc1. The summed E-state index contributed by atoms with van der Waals surface area (Å²) in [5.74, 6) is 2.74. The Hall–Kier alpha value is -1.76. The molecule has 0 N–H and O–H groups in total. The minimum absolute atomic E-state index is 0.769. The summed E-state index contributed by atoms with van der Waals surface area (Å²) >= 11 is 0. The molecule has 0 spiro atoms. The van der Waals surface area contributed by atoms with Crippen LogP contribution in [0.25, 0.3) is 11.1 Å². The fraction of sp³-hybridized carbons (Fsp3) is 0.586. The molecule has 2 aromatic rings. The Kier molecular flexibility index (Phi) is 9.80. The zero-order valence-electron chi connectivity index (χ0n) is 19.4. The molecular weight excluding hydrogens is 364 g/mol. The molecule has 164 valence electrons. The first-order valence-electron chi connectivity index (χ1n) is 12.6. The van der Waals surface area contributed by atoms with Crippen LogP contribution in [0.4, 0.5) is 0 Å². The van der Waals surface area contributed by atoms with E-state index in [9.17, 15) is 0 Å². The van der Waals surface area contributed by atoms with Gasteiger partial charge in [-0.05, 0) is 72.8 Å². The maximum atomic E-state index is 5.91. The summed E-state index contributed by atoms with van der Waals surface area (Å²) in [6.07, 6.45) is 16.2. The predicted octanol–water partition coefficient (Wildman–Crippen LogP) is 9.17. The number of hydrogen-bond acceptors (Lipinski definition) is 1. The first-order chi connectivity index (χ1) is 14.8. The molecule has 2 aromatic carbocycles. The fourth-order valence-corrected chi connectivity index (χ4v) is 4.86. The van der Waals surface area contributed by atoms with Crippen molar-refractivity contribution in [2.24, 2.45) is 5.92 Å². The summed E-state index contributed by atoms with van der Waals surface area (Å²) < 4.78 is 5.91. The van der Waals surface area contributed by atoms with Crippen molar-refractivity contribution in [3.63, 3.8) is 0 Å². The van der Waals surface area contributed by atoms with Crippen molar-refractivity contribution in [1.29, 1.82) is 0 Å². The van der Waals surface area contributed by atoms with Crippen molar-refractivity contribution in [2.45, 2.75) is 96.8 Å². The third kappa shape index (κ3) is 7.18. The lowest BCUT2D eigenvalue weighted by atomic mass is 9.77. The Bertz CT molecular complexity index is 692. The first kappa shape index (κ1) is 22.9. The van der Waals surface area contributed by atoms with Crippen LogP contribution in [0, 0.1) is 5.92 Å². The standard InChI is InChI=1S/C29H42O/c1-3-5-7-8-9-23-30-29-21-19-28(20-22-29)27-17-15-26(16-18-27)25-13-11-24(12-14-25)10-6-4-2/h15-22,24-25H,3-14,23H2,1-2H3. The van der Waals surface area contributed by atoms with E-state index in [4.69, 9.17) is 4.74 Å². The molecule has 1 aliphatic carbocycles. The number of rotatable bonds is 12. The molecule has 0 amide bonds. The topological polar surface area (TPSA) is 9.23 Å². The maximum Gasteiger partial charge on any atom is 0.119 e. The molecule has 1 nitrogen and oxygen atoms in total. The van der Waals surface area contributed by atoms with E-state index in [-0.39, 0.29) is 0 Å². The molecule has 0 unspecified atom stereocenters. The van der Waals surface area contributed by atoms with Crippen molar-refractivity contribution in [2.75, 3.05) is 6.61 Å². The molecule has 1 saturated carbocycles. The largest absolute Gasteiger partial charge is 0.494 e. The van der Waals surface area contributed by atoms with E-state index >= 15 is 0 Å². The number of unbranched alkanes of at least 4 members (excludes halogenated alkanes) is 5. The number of ether oxygens (including phenoxy) is 1. The maximum absolute atomic E-state index is 5.91. The molecule has 0 atom stereocenters. The van der Waals surface area contributed by atoms with Gasteiger partial charge in [-0.15, -0.1) is 0 Å². The average Bonchev–Trinajstić information content (AvgIpc) is 2.81. The molecule has 3 rings (SSSR count). The first-order valence-corrected chi connectivity index (χ1v) is 12.6. The lowest BCUT2D eigenvalue weighted by molar-refractivity contribution is 0.304. The smallest absolute Gasteiger partial charge is 0.119 e. The van der Waals surface area contributed by atoms with E-state index in [0.29, 0.717) is 0 Å². The molecule has 0 radical (unpaired) electrons. The summed E-state index contributed by atoms with van der Waals surface area (Å²) in [7, 11) is 0. The highest BCUT2D eigenvalue weighted by molar-refractivity contribution is 5.64. The van der Waals surface area contributed by atoms with Gasteiger partial charge >= 0.3 is 0 Å². The highest BCUT2D eigenvalue weighted by atomic mass is 16.5. The van der Waals surface area contributed by atoms with Crippen LogP contribution in [0.3, 0.4) is 0 Å². The minimum Gasteiger partial charge on any atom is -0.494 e. The Morgan fingerprint density at radius 2 is 1.27 bits per heavy atom. The van der Waals surface area contributed by atoms with Crippen LogP contribution in [-0.2, 0) is 0 Å². The normalized spacial score (nSPS) is 19.0. The molecule has 0 bridgehead atoms. The lowest BCUT2D eigenvalue weighted by Gasteiger charge is -2.29. The van der Waals surface area contributed by atoms with E-state index < -0.39 is 0 Å². The van der Waals surface area contributed by atoms with Crippen LogP contribution >= 0.6 is 0 Å². The van der Waals surface area contributed by atoms with E-state index in [1.165, 1.54) is 87.3 Å². The van der Waals surface area contributed by atoms with Crippen molar-refractivity contribution >= 4 is 0 Å². The Balaban J connectivity index is 1.45. The van der Waals surface area contributed by atoms with Crippen LogP contribution in [0.5, 0.6) is 5.75 Å². The lowest BCUT2D eigenvalue weighted by Crippen LogP contribution is -2.13. The van der Waals surface area contributed by atoms with E-state index in [1.54, 1.807) is 0 Å². The predicted molar refractivity (Wildman–Crippen MR) is 130 cm³/mol. The third-order valence-electron chi connectivity index (χ3n) is 6.90. The van der Waals surface area contributed by atoms with Gasteiger partial charge < -0.3 is 4.74 Å². The molecule has 0 aliphatic heterocycles. The summed E-state index contributed by atoms with van der Waals surface area (Å²) in [6, 6.07) is 18.0. The molecule has 0 saturated heterocycles. The molecule has 0 aromatic heterocycles. The fourth-order valence-electron chi connectivity index (χ4n) is 4.86. The van der Waals surface area contributed by atoms with Gasteiger partial charge in [0.2, 0.25) is 0 Å². The van der Waals surface area contributed by atoms with Gasteiger partial charge in [0.25, 0.3) is 0 Å². The molecule has 1 fully saturated rings. The highest BCUT2D eigenvalue weighted by Gasteiger charge is 2.21. The second kappa shape index (κ2) is 12.8. The van der Waals surface area contributed by atoms with E-state index in [1.807, 2.05) is 0 Å². The van der Waals surface area contributed by atoms with Gasteiger partial charge in [0, 0.05) is 0 Å². The third-order valence-corrected chi connectivity index (χ3v) is 6.90. The van der Waals surface area contributed by atoms with Crippen molar-refractivity contribution < 1.29 is 4.74 Å². The van der Waals surface area contributed by atoms with Crippen LogP contribution in [0.15, 0.2) is 48.5 Å².